The fourth-order valence-electron chi connectivity index (χ4n) is 4.06. The number of carboxylic acid groups (broad SMARTS) is 1. The Morgan fingerprint density at radius 1 is 0.846 bits per heavy atom. The van der Waals surface area contributed by atoms with Crippen molar-refractivity contribution < 1.29 is 28.6 Å². The van der Waals surface area contributed by atoms with Gasteiger partial charge in [-0.2, -0.15) is 0 Å². The molecule has 0 unspecified atom stereocenters. The summed E-state index contributed by atoms with van der Waals surface area (Å²) in [5.41, 5.74) is 3.01. The quantitative estimate of drug-likeness (QED) is 0.195. The summed E-state index contributed by atoms with van der Waals surface area (Å²) in [7, 11) is 1.56. The predicted octanol–water partition coefficient (Wildman–Crippen LogP) is 7.53. The Morgan fingerprint density at radius 2 is 1.44 bits per heavy atom. The molecule has 196 valence electrons. The van der Waals surface area contributed by atoms with Crippen LogP contribution >= 0.6 is 11.6 Å². The zero-order chi connectivity index (χ0) is 27.2. The number of hydrogen-bond acceptors (Lipinski definition) is 6. The van der Waals surface area contributed by atoms with Gasteiger partial charge in [0.2, 0.25) is 0 Å². The van der Waals surface area contributed by atoms with E-state index in [0.29, 0.717) is 45.6 Å². The van der Waals surface area contributed by atoms with E-state index in [1.165, 1.54) is 0 Å². The summed E-state index contributed by atoms with van der Waals surface area (Å²) >= 11 is 6.67. The summed E-state index contributed by atoms with van der Waals surface area (Å²) in [4.78, 5) is 12.1. The molecule has 8 heteroatoms. The molecule has 0 saturated heterocycles. The van der Waals surface area contributed by atoms with Crippen LogP contribution < -0.4 is 14.2 Å². The highest BCUT2D eigenvalue weighted by Gasteiger charge is 2.27. The zero-order valence-corrected chi connectivity index (χ0v) is 21.7. The molecule has 0 amide bonds. The first-order valence-corrected chi connectivity index (χ1v) is 12.5. The van der Waals surface area contributed by atoms with E-state index in [9.17, 15) is 9.90 Å². The molecule has 0 fully saturated rings. The lowest BCUT2D eigenvalue weighted by Crippen LogP contribution is -2.01. The summed E-state index contributed by atoms with van der Waals surface area (Å²) in [5, 5.41) is 14.0. The van der Waals surface area contributed by atoms with Crippen molar-refractivity contribution in [2.75, 3.05) is 7.11 Å². The summed E-state index contributed by atoms with van der Waals surface area (Å²) in [6, 6.07) is 29.7. The molecule has 0 aliphatic rings. The van der Waals surface area contributed by atoms with Crippen LogP contribution in [0.25, 0.3) is 22.5 Å². The first-order chi connectivity index (χ1) is 19.0. The normalized spacial score (nSPS) is 10.7. The molecule has 0 atom stereocenters. The number of nitrogens with zero attached hydrogens (tertiary/aromatic N) is 1. The van der Waals surface area contributed by atoms with E-state index >= 15 is 0 Å². The molecule has 5 aromatic rings. The van der Waals surface area contributed by atoms with Gasteiger partial charge in [-0.1, -0.05) is 89.6 Å². The lowest BCUT2D eigenvalue weighted by Gasteiger charge is -2.15. The second-order valence-corrected chi connectivity index (χ2v) is 9.00. The van der Waals surface area contributed by atoms with Crippen LogP contribution in [0.5, 0.6) is 17.2 Å². The molecule has 5 rings (SSSR count). The topological polar surface area (TPSA) is 91.0 Å². The molecule has 0 spiro atoms. The maximum Gasteiger partial charge on any atom is 0.358 e. The highest BCUT2D eigenvalue weighted by Crippen LogP contribution is 2.44. The van der Waals surface area contributed by atoms with E-state index in [2.05, 4.69) is 5.16 Å². The molecular formula is C31H24ClNO6. The standard InChI is InChI=1S/C31H24ClNO6/c1-36-23-14-12-22(13-15-23)28-29(31(34)35)33-39-30(28)24-16-25(32)27(38-19-21-10-6-3-7-11-21)17-26(24)37-18-20-8-4-2-5-9-20/h2-17H,18-19H2,1H3,(H,34,35). The first-order valence-electron chi connectivity index (χ1n) is 12.1. The number of carboxylic acids is 1. The Bertz CT molecular complexity index is 1570. The summed E-state index contributed by atoms with van der Waals surface area (Å²) in [6.45, 7) is 0.561. The number of hydrogen-bond donors (Lipinski definition) is 1. The van der Waals surface area contributed by atoms with Crippen molar-refractivity contribution in [2.45, 2.75) is 13.2 Å². The lowest BCUT2D eigenvalue weighted by atomic mass is 9.98. The van der Waals surface area contributed by atoms with Crippen LogP contribution in [-0.4, -0.2) is 23.3 Å². The minimum absolute atomic E-state index is 0.206. The molecule has 39 heavy (non-hydrogen) atoms. The van der Waals surface area contributed by atoms with Gasteiger partial charge in [0.25, 0.3) is 0 Å². The van der Waals surface area contributed by atoms with Gasteiger partial charge >= 0.3 is 5.97 Å². The highest BCUT2D eigenvalue weighted by molar-refractivity contribution is 6.32. The van der Waals surface area contributed by atoms with Crippen LogP contribution in [0, 0.1) is 0 Å². The minimum atomic E-state index is -1.23. The molecule has 0 aliphatic carbocycles. The maximum atomic E-state index is 12.1. The third kappa shape index (κ3) is 5.89. The molecule has 7 nitrogen and oxygen atoms in total. The molecule has 0 radical (unpaired) electrons. The Labute approximate surface area is 230 Å². The van der Waals surface area contributed by atoms with Gasteiger partial charge in [-0.15, -0.1) is 0 Å². The number of rotatable bonds is 10. The maximum absolute atomic E-state index is 12.1. The van der Waals surface area contributed by atoms with Crippen LogP contribution in [0.1, 0.15) is 21.6 Å². The Kier molecular flexibility index (Phi) is 7.80. The lowest BCUT2D eigenvalue weighted by molar-refractivity contribution is 0.0686. The smallest absolute Gasteiger partial charge is 0.358 e. The van der Waals surface area contributed by atoms with Crippen molar-refractivity contribution in [3.63, 3.8) is 0 Å². The number of methoxy groups -OCH3 is 1. The highest BCUT2D eigenvalue weighted by atomic mass is 35.5. The summed E-state index contributed by atoms with van der Waals surface area (Å²) in [6.07, 6.45) is 0. The summed E-state index contributed by atoms with van der Waals surface area (Å²) in [5.74, 6) is 0.419. The van der Waals surface area contributed by atoms with Crippen molar-refractivity contribution in [1.82, 2.24) is 5.16 Å². The Morgan fingerprint density at radius 3 is 2.00 bits per heavy atom. The van der Waals surface area contributed by atoms with Crippen LogP contribution in [0.15, 0.2) is 102 Å². The average molecular weight is 542 g/mol. The fourth-order valence-corrected chi connectivity index (χ4v) is 4.28. The number of ether oxygens (including phenoxy) is 3. The number of aromatic carboxylic acids is 1. The van der Waals surface area contributed by atoms with Gasteiger partial charge in [0.15, 0.2) is 11.5 Å². The van der Waals surface area contributed by atoms with Crippen molar-refractivity contribution in [3.05, 3.63) is 119 Å². The Hall–Kier alpha value is -4.75. The number of aromatic nitrogens is 1. The van der Waals surface area contributed by atoms with E-state index in [1.54, 1.807) is 43.5 Å². The van der Waals surface area contributed by atoms with E-state index < -0.39 is 5.97 Å². The second-order valence-electron chi connectivity index (χ2n) is 8.60. The monoisotopic (exact) mass is 541 g/mol. The van der Waals surface area contributed by atoms with Crippen molar-refractivity contribution in [2.24, 2.45) is 0 Å². The van der Waals surface area contributed by atoms with Gasteiger partial charge in [0.05, 0.1) is 23.3 Å². The average Bonchev–Trinajstić information content (AvgIpc) is 3.42. The zero-order valence-electron chi connectivity index (χ0n) is 21.0. The molecular weight excluding hydrogens is 518 g/mol. The van der Waals surface area contributed by atoms with Gasteiger partial charge < -0.3 is 23.8 Å². The van der Waals surface area contributed by atoms with Gasteiger partial charge in [-0.3, -0.25) is 0 Å². The molecule has 1 N–H and O–H groups in total. The van der Waals surface area contributed by atoms with Crippen molar-refractivity contribution >= 4 is 17.6 Å². The number of carbonyl (C=O) groups is 1. The molecule has 1 heterocycles. The summed E-state index contributed by atoms with van der Waals surface area (Å²) < 4.78 is 23.1. The van der Waals surface area contributed by atoms with Crippen molar-refractivity contribution in [1.29, 1.82) is 0 Å². The minimum Gasteiger partial charge on any atom is -0.497 e. The first kappa shape index (κ1) is 25.9. The van der Waals surface area contributed by atoms with E-state index in [0.717, 1.165) is 11.1 Å². The van der Waals surface area contributed by atoms with E-state index in [1.807, 2.05) is 60.7 Å². The number of benzene rings is 4. The van der Waals surface area contributed by atoms with E-state index in [-0.39, 0.29) is 18.1 Å². The van der Waals surface area contributed by atoms with Crippen molar-refractivity contribution in [3.8, 4) is 39.7 Å². The fraction of sp³-hybridized carbons (Fsp3) is 0.0968. The van der Waals surface area contributed by atoms with Crippen LogP contribution in [0.2, 0.25) is 5.02 Å². The SMILES string of the molecule is COc1ccc(-c2c(C(=O)O)noc2-c2cc(Cl)c(OCc3ccccc3)cc2OCc2ccccc2)cc1. The van der Waals surface area contributed by atoms with Gasteiger partial charge in [0, 0.05) is 6.07 Å². The van der Waals surface area contributed by atoms with Gasteiger partial charge in [-0.25, -0.2) is 4.79 Å². The van der Waals surface area contributed by atoms with E-state index in [4.69, 9.17) is 30.3 Å². The van der Waals surface area contributed by atoms with Gasteiger partial charge in [0.1, 0.15) is 30.5 Å². The van der Waals surface area contributed by atoms with Crippen LogP contribution in [0.4, 0.5) is 0 Å². The third-order valence-electron chi connectivity index (χ3n) is 6.03. The third-order valence-corrected chi connectivity index (χ3v) is 6.32. The molecule has 1 aromatic heterocycles. The molecule has 0 saturated carbocycles. The predicted molar refractivity (Wildman–Crippen MR) is 147 cm³/mol. The molecule has 0 bridgehead atoms. The molecule has 0 aliphatic heterocycles. The largest absolute Gasteiger partial charge is 0.497 e. The number of halogens is 1. The van der Waals surface area contributed by atoms with Crippen LogP contribution in [-0.2, 0) is 13.2 Å². The Balaban J connectivity index is 1.59. The molecule has 4 aromatic carbocycles. The van der Waals surface area contributed by atoms with Crippen LogP contribution in [0.3, 0.4) is 0 Å². The second kappa shape index (κ2) is 11.8. The van der Waals surface area contributed by atoms with Gasteiger partial charge in [-0.05, 0) is 34.9 Å².